The molecule has 7 heteroatoms. The second-order valence-corrected chi connectivity index (χ2v) is 6.20. The first-order valence-corrected chi connectivity index (χ1v) is 8.04. The van der Waals surface area contributed by atoms with E-state index in [1.165, 1.54) is 6.33 Å². The van der Waals surface area contributed by atoms with E-state index in [2.05, 4.69) is 43.0 Å². The SMILES string of the molecule is Cc1cc(C)n(-c2cc(NC(=O)c3ccccc3I)ncn2)n1. The summed E-state index contributed by atoms with van der Waals surface area (Å²) in [6.45, 7) is 3.87. The molecule has 0 aliphatic heterocycles. The van der Waals surface area contributed by atoms with E-state index in [1.807, 2.05) is 38.1 Å². The van der Waals surface area contributed by atoms with Crippen molar-refractivity contribution in [2.75, 3.05) is 5.32 Å². The molecule has 0 atom stereocenters. The highest BCUT2D eigenvalue weighted by molar-refractivity contribution is 14.1. The van der Waals surface area contributed by atoms with Crippen LogP contribution in [0.3, 0.4) is 0 Å². The van der Waals surface area contributed by atoms with Crippen LogP contribution in [-0.4, -0.2) is 25.7 Å². The Morgan fingerprint density at radius 2 is 1.96 bits per heavy atom. The molecule has 0 saturated carbocycles. The lowest BCUT2D eigenvalue weighted by Crippen LogP contribution is -2.15. The van der Waals surface area contributed by atoms with Crippen LogP contribution in [-0.2, 0) is 0 Å². The average molecular weight is 419 g/mol. The van der Waals surface area contributed by atoms with Gasteiger partial charge in [-0.2, -0.15) is 5.10 Å². The molecule has 2 heterocycles. The van der Waals surface area contributed by atoms with E-state index in [-0.39, 0.29) is 5.91 Å². The van der Waals surface area contributed by atoms with Gasteiger partial charge in [-0.05, 0) is 54.6 Å². The molecule has 0 unspecified atom stereocenters. The van der Waals surface area contributed by atoms with Crippen molar-refractivity contribution in [1.82, 2.24) is 19.7 Å². The third-order valence-corrected chi connectivity index (χ3v) is 4.18. The van der Waals surface area contributed by atoms with Gasteiger partial charge in [-0.25, -0.2) is 14.6 Å². The number of benzene rings is 1. The molecule has 23 heavy (non-hydrogen) atoms. The Labute approximate surface area is 147 Å². The minimum atomic E-state index is -0.201. The second-order valence-electron chi connectivity index (χ2n) is 5.03. The molecule has 1 N–H and O–H groups in total. The fraction of sp³-hybridized carbons (Fsp3) is 0.125. The summed E-state index contributed by atoms with van der Waals surface area (Å²) in [6.07, 6.45) is 1.41. The number of hydrogen-bond donors (Lipinski definition) is 1. The molecule has 0 fully saturated rings. The third kappa shape index (κ3) is 3.39. The number of halogens is 1. The number of anilines is 1. The number of aryl methyl sites for hydroxylation is 2. The van der Waals surface area contributed by atoms with E-state index in [1.54, 1.807) is 16.8 Å². The number of rotatable bonds is 3. The number of nitrogens with one attached hydrogen (secondary N) is 1. The summed E-state index contributed by atoms with van der Waals surface area (Å²) in [7, 11) is 0. The summed E-state index contributed by atoms with van der Waals surface area (Å²) in [5.74, 6) is 0.851. The Morgan fingerprint density at radius 1 is 1.17 bits per heavy atom. The molecule has 0 aliphatic rings. The summed E-state index contributed by atoms with van der Waals surface area (Å²) in [5.41, 5.74) is 2.49. The quantitative estimate of drug-likeness (QED) is 0.663. The molecule has 1 amide bonds. The minimum Gasteiger partial charge on any atom is -0.306 e. The van der Waals surface area contributed by atoms with Crippen LogP contribution < -0.4 is 5.32 Å². The van der Waals surface area contributed by atoms with Gasteiger partial charge in [0.2, 0.25) is 0 Å². The van der Waals surface area contributed by atoms with Gasteiger partial charge in [0.1, 0.15) is 12.1 Å². The van der Waals surface area contributed by atoms with Crippen molar-refractivity contribution in [2.45, 2.75) is 13.8 Å². The van der Waals surface area contributed by atoms with Crippen molar-refractivity contribution >= 4 is 34.3 Å². The third-order valence-electron chi connectivity index (χ3n) is 3.24. The summed E-state index contributed by atoms with van der Waals surface area (Å²) in [6, 6.07) is 11.1. The van der Waals surface area contributed by atoms with Gasteiger partial charge in [0, 0.05) is 15.3 Å². The Bertz CT molecular complexity index is 874. The van der Waals surface area contributed by atoms with Crippen molar-refractivity contribution < 1.29 is 4.79 Å². The van der Waals surface area contributed by atoms with Crippen LogP contribution in [0.5, 0.6) is 0 Å². The van der Waals surface area contributed by atoms with E-state index >= 15 is 0 Å². The number of hydrogen-bond acceptors (Lipinski definition) is 4. The molecule has 116 valence electrons. The Morgan fingerprint density at radius 3 is 2.65 bits per heavy atom. The van der Waals surface area contributed by atoms with Gasteiger partial charge in [-0.15, -0.1) is 0 Å². The second kappa shape index (κ2) is 6.45. The average Bonchev–Trinajstić information content (AvgIpc) is 2.86. The first kappa shape index (κ1) is 15.6. The predicted octanol–water partition coefficient (Wildman–Crippen LogP) is 3.14. The van der Waals surface area contributed by atoms with E-state index in [9.17, 15) is 4.79 Å². The number of aromatic nitrogens is 4. The Balaban J connectivity index is 1.87. The fourth-order valence-electron chi connectivity index (χ4n) is 2.22. The van der Waals surface area contributed by atoms with E-state index in [4.69, 9.17) is 0 Å². The van der Waals surface area contributed by atoms with Gasteiger partial charge < -0.3 is 5.32 Å². The van der Waals surface area contributed by atoms with E-state index in [0.29, 0.717) is 17.2 Å². The van der Waals surface area contributed by atoms with Crippen LogP contribution in [0.2, 0.25) is 0 Å². The summed E-state index contributed by atoms with van der Waals surface area (Å²) in [4.78, 5) is 20.7. The summed E-state index contributed by atoms with van der Waals surface area (Å²) in [5, 5.41) is 7.18. The molecule has 0 spiro atoms. The maximum atomic E-state index is 12.4. The maximum absolute atomic E-state index is 12.4. The molecule has 0 radical (unpaired) electrons. The first-order valence-electron chi connectivity index (χ1n) is 6.96. The van der Waals surface area contributed by atoms with Crippen LogP contribution in [0.1, 0.15) is 21.7 Å². The van der Waals surface area contributed by atoms with Gasteiger partial charge in [0.05, 0.1) is 11.3 Å². The lowest BCUT2D eigenvalue weighted by molar-refractivity contribution is 0.102. The van der Waals surface area contributed by atoms with Crippen molar-refractivity contribution in [3.63, 3.8) is 0 Å². The van der Waals surface area contributed by atoms with Crippen molar-refractivity contribution in [1.29, 1.82) is 0 Å². The normalized spacial score (nSPS) is 10.6. The lowest BCUT2D eigenvalue weighted by atomic mass is 10.2. The van der Waals surface area contributed by atoms with Crippen LogP contribution in [0.15, 0.2) is 42.7 Å². The zero-order valence-electron chi connectivity index (χ0n) is 12.6. The fourth-order valence-corrected chi connectivity index (χ4v) is 2.85. The van der Waals surface area contributed by atoms with Gasteiger partial charge in [0.15, 0.2) is 5.82 Å². The zero-order chi connectivity index (χ0) is 16.4. The lowest BCUT2D eigenvalue weighted by Gasteiger charge is -2.08. The number of carbonyl (C=O) groups excluding carboxylic acids is 1. The Kier molecular flexibility index (Phi) is 4.37. The monoisotopic (exact) mass is 419 g/mol. The van der Waals surface area contributed by atoms with Crippen LogP contribution in [0.4, 0.5) is 5.82 Å². The van der Waals surface area contributed by atoms with Crippen LogP contribution >= 0.6 is 22.6 Å². The summed E-state index contributed by atoms with van der Waals surface area (Å²) < 4.78 is 2.61. The number of amides is 1. The van der Waals surface area contributed by atoms with E-state index in [0.717, 1.165) is 15.0 Å². The van der Waals surface area contributed by atoms with E-state index < -0.39 is 0 Å². The molecular weight excluding hydrogens is 405 g/mol. The maximum Gasteiger partial charge on any atom is 0.257 e. The molecule has 0 saturated heterocycles. The molecular formula is C16H14IN5O. The van der Waals surface area contributed by atoms with Gasteiger partial charge in [-0.1, -0.05) is 12.1 Å². The molecule has 0 aliphatic carbocycles. The number of nitrogens with zero attached hydrogens (tertiary/aromatic N) is 4. The largest absolute Gasteiger partial charge is 0.306 e. The van der Waals surface area contributed by atoms with Crippen LogP contribution in [0.25, 0.3) is 5.82 Å². The zero-order valence-corrected chi connectivity index (χ0v) is 14.8. The smallest absolute Gasteiger partial charge is 0.257 e. The molecule has 1 aromatic carbocycles. The highest BCUT2D eigenvalue weighted by Crippen LogP contribution is 2.15. The van der Waals surface area contributed by atoms with Crippen molar-refractivity contribution in [3.05, 3.63) is 63.2 Å². The van der Waals surface area contributed by atoms with Gasteiger partial charge in [0.25, 0.3) is 5.91 Å². The predicted molar refractivity (Wildman–Crippen MR) is 95.7 cm³/mol. The van der Waals surface area contributed by atoms with Crippen molar-refractivity contribution in [3.8, 4) is 5.82 Å². The topological polar surface area (TPSA) is 72.7 Å². The molecule has 0 bridgehead atoms. The van der Waals surface area contributed by atoms with Crippen LogP contribution in [0, 0.1) is 17.4 Å². The highest BCUT2D eigenvalue weighted by atomic mass is 127. The molecule has 3 aromatic rings. The number of carbonyl (C=O) groups is 1. The summed E-state index contributed by atoms with van der Waals surface area (Å²) >= 11 is 2.13. The molecule has 3 rings (SSSR count). The molecule has 2 aromatic heterocycles. The highest BCUT2D eigenvalue weighted by Gasteiger charge is 2.12. The van der Waals surface area contributed by atoms with Gasteiger partial charge >= 0.3 is 0 Å². The Hall–Kier alpha value is -2.29. The van der Waals surface area contributed by atoms with Crippen molar-refractivity contribution in [2.24, 2.45) is 0 Å². The standard InChI is InChI=1S/C16H14IN5O/c1-10-7-11(2)22(21-10)15-8-14(18-9-19-15)20-16(23)12-5-3-4-6-13(12)17/h3-9H,1-2H3,(H,18,19,20,23). The molecule has 6 nitrogen and oxygen atoms in total. The first-order chi connectivity index (χ1) is 11.0. The van der Waals surface area contributed by atoms with Gasteiger partial charge in [-0.3, -0.25) is 4.79 Å². The minimum absolute atomic E-state index is 0.201.